The third-order valence-electron chi connectivity index (χ3n) is 10.4. The number of likely N-dealkylation sites (tertiary alicyclic amines) is 1. The summed E-state index contributed by atoms with van der Waals surface area (Å²) in [5, 5.41) is 9.26. The molecule has 3 aliphatic rings. The number of amides is 3. The number of ether oxygens (including phenoxy) is 2. The van der Waals surface area contributed by atoms with Crippen molar-refractivity contribution in [1.29, 1.82) is 0 Å². The summed E-state index contributed by atoms with van der Waals surface area (Å²) in [5.74, 6) is -1.25. The molecule has 3 amide bonds. The molecule has 1 aromatic rings. The van der Waals surface area contributed by atoms with E-state index in [1.165, 1.54) is 0 Å². The molecule has 6 atom stereocenters. The highest BCUT2D eigenvalue weighted by Gasteiger charge is 2.79. The quantitative estimate of drug-likeness (QED) is 0.159. The average molecular weight is 638 g/mol. The molecule has 9 nitrogen and oxygen atoms in total. The molecule has 3 fully saturated rings. The Hall–Kier alpha value is -3.17. The van der Waals surface area contributed by atoms with E-state index < -0.39 is 29.1 Å². The molecule has 3 saturated heterocycles. The van der Waals surface area contributed by atoms with E-state index >= 15 is 0 Å². The number of aliphatic hydroxyl groups is 1. The van der Waals surface area contributed by atoms with Gasteiger partial charge in [-0.05, 0) is 76.6 Å². The molecule has 9 heteroatoms. The molecule has 0 radical (unpaired) electrons. The molecule has 1 spiro atoms. The van der Waals surface area contributed by atoms with Gasteiger partial charge in [0.15, 0.2) is 0 Å². The fraction of sp³-hybridized carbons (Fsp3) is 0.649. The Kier molecular flexibility index (Phi) is 12.1. The second-order valence-electron chi connectivity index (χ2n) is 13.1. The molecule has 1 aromatic carbocycles. The number of rotatable bonds is 19. The van der Waals surface area contributed by atoms with Gasteiger partial charge in [-0.3, -0.25) is 14.4 Å². The van der Waals surface area contributed by atoms with Crippen LogP contribution in [0.3, 0.4) is 0 Å². The van der Waals surface area contributed by atoms with E-state index in [0.29, 0.717) is 63.2 Å². The van der Waals surface area contributed by atoms with Gasteiger partial charge in [-0.1, -0.05) is 45.3 Å². The minimum atomic E-state index is -1.08. The van der Waals surface area contributed by atoms with Crippen molar-refractivity contribution in [3.8, 4) is 5.75 Å². The molecule has 3 aliphatic heterocycles. The summed E-state index contributed by atoms with van der Waals surface area (Å²) in [6.45, 7) is 17.7. The van der Waals surface area contributed by atoms with Crippen molar-refractivity contribution >= 4 is 23.4 Å². The maximum atomic E-state index is 14.8. The van der Waals surface area contributed by atoms with Gasteiger partial charge in [-0.25, -0.2) is 0 Å². The topological polar surface area (TPSA) is 99.6 Å². The lowest BCUT2D eigenvalue weighted by Crippen LogP contribution is -2.58. The van der Waals surface area contributed by atoms with E-state index in [1.807, 2.05) is 49.9 Å². The van der Waals surface area contributed by atoms with E-state index in [4.69, 9.17) is 9.47 Å². The second kappa shape index (κ2) is 15.6. The van der Waals surface area contributed by atoms with Crippen molar-refractivity contribution in [3.05, 3.63) is 49.6 Å². The van der Waals surface area contributed by atoms with Crippen molar-refractivity contribution in [1.82, 2.24) is 9.80 Å². The summed E-state index contributed by atoms with van der Waals surface area (Å²) in [7, 11) is 0. The number of carbonyl (C=O) groups excluding carboxylic acids is 3. The minimum absolute atomic E-state index is 0.0358. The summed E-state index contributed by atoms with van der Waals surface area (Å²) < 4.78 is 12.7. The lowest BCUT2D eigenvalue weighted by Gasteiger charge is -2.39. The number of hydrogen-bond acceptors (Lipinski definition) is 6. The van der Waals surface area contributed by atoms with E-state index in [1.54, 1.807) is 22.0 Å². The summed E-state index contributed by atoms with van der Waals surface area (Å²) in [6.07, 6.45) is 9.99. The summed E-state index contributed by atoms with van der Waals surface area (Å²) in [6, 6.07) is 6.56. The van der Waals surface area contributed by atoms with Crippen molar-refractivity contribution in [2.75, 3.05) is 37.7 Å². The van der Waals surface area contributed by atoms with Gasteiger partial charge in [-0.15, -0.1) is 13.2 Å². The van der Waals surface area contributed by atoms with Crippen LogP contribution >= 0.6 is 0 Å². The van der Waals surface area contributed by atoms with Gasteiger partial charge in [0.2, 0.25) is 17.7 Å². The number of carbonyl (C=O) groups is 3. The smallest absolute Gasteiger partial charge is 0.248 e. The van der Waals surface area contributed by atoms with Crippen LogP contribution in [0.25, 0.3) is 0 Å². The zero-order chi connectivity index (χ0) is 33.5. The number of nitrogens with zero attached hydrogens (tertiary/aromatic N) is 3. The molecule has 3 unspecified atom stereocenters. The first-order valence-electron chi connectivity index (χ1n) is 17.4. The van der Waals surface area contributed by atoms with Crippen LogP contribution < -0.4 is 9.64 Å². The molecule has 3 heterocycles. The summed E-state index contributed by atoms with van der Waals surface area (Å²) in [4.78, 5) is 49.5. The fourth-order valence-corrected chi connectivity index (χ4v) is 8.23. The molecule has 0 aliphatic carbocycles. The molecule has 2 bridgehead atoms. The molecular weight excluding hydrogens is 582 g/mol. The maximum absolute atomic E-state index is 14.8. The van der Waals surface area contributed by atoms with Crippen LogP contribution in [-0.2, 0) is 19.1 Å². The third kappa shape index (κ3) is 6.50. The first-order valence-corrected chi connectivity index (χ1v) is 17.4. The third-order valence-corrected chi connectivity index (χ3v) is 10.4. The Morgan fingerprint density at radius 2 is 1.76 bits per heavy atom. The van der Waals surface area contributed by atoms with Gasteiger partial charge in [0.1, 0.15) is 17.4 Å². The highest BCUT2D eigenvalue weighted by Crippen LogP contribution is 2.64. The highest BCUT2D eigenvalue weighted by atomic mass is 16.5. The number of fused-ring (bicyclic) bond motifs is 1. The van der Waals surface area contributed by atoms with E-state index in [-0.39, 0.29) is 36.9 Å². The van der Waals surface area contributed by atoms with E-state index in [0.717, 1.165) is 25.7 Å². The number of hydrogen-bond donors (Lipinski definition) is 1. The zero-order valence-electron chi connectivity index (χ0n) is 28.4. The van der Waals surface area contributed by atoms with Crippen LogP contribution in [0.1, 0.15) is 85.5 Å². The molecule has 4 rings (SSSR count). The van der Waals surface area contributed by atoms with Crippen molar-refractivity contribution in [2.24, 2.45) is 11.8 Å². The van der Waals surface area contributed by atoms with Gasteiger partial charge in [0.05, 0.1) is 24.0 Å². The second-order valence-corrected chi connectivity index (χ2v) is 13.1. The number of unbranched alkanes of at least 4 members (excludes halogenated alkanes) is 3. The molecular formula is C37H55N3O6. The molecule has 0 saturated carbocycles. The summed E-state index contributed by atoms with van der Waals surface area (Å²) >= 11 is 0. The predicted molar refractivity (Wildman–Crippen MR) is 181 cm³/mol. The molecule has 254 valence electrons. The zero-order valence-corrected chi connectivity index (χ0v) is 28.4. The van der Waals surface area contributed by atoms with Crippen LogP contribution in [0.4, 0.5) is 5.69 Å². The van der Waals surface area contributed by atoms with E-state index in [2.05, 4.69) is 20.1 Å². The lowest BCUT2D eigenvalue weighted by atomic mass is 9.64. The van der Waals surface area contributed by atoms with Crippen molar-refractivity contribution in [2.45, 2.75) is 109 Å². The standard InChI is InChI=1S/C37H55N3O6/c1-7-16-27(6)38(23-8-2)35(44)32-37-22-21-36(10-4,46-37)30(31(37)34(43)40(32)25-14-12-13-15-26-41)33(42)39(24-9-3)28-17-19-29(20-18-28)45-11-5/h8-9,17-20,27,30-32,41H,2-3,7,10-16,21-26H2,1,4-6H3/t27?,30-,31-,32?,36+,37?/m0/s1. The Morgan fingerprint density at radius 3 is 2.37 bits per heavy atom. The first-order chi connectivity index (χ1) is 22.2. The SMILES string of the molecule is C=CCN(C(=O)[C@@H]1[C@H]2C(=O)N(CCCCCCO)C(C(=O)N(CC=C)C(C)CCC)C23CC[C@@]1(CC)O3)c1ccc(OCC)cc1. The normalized spacial score (nSPS) is 26.9. The summed E-state index contributed by atoms with van der Waals surface area (Å²) in [5.41, 5.74) is -1.23. The minimum Gasteiger partial charge on any atom is -0.494 e. The highest BCUT2D eigenvalue weighted by molar-refractivity contribution is 6.03. The monoisotopic (exact) mass is 637 g/mol. The number of aliphatic hydroxyl groups excluding tert-OH is 1. The van der Waals surface area contributed by atoms with Gasteiger partial charge in [0.25, 0.3) is 0 Å². The van der Waals surface area contributed by atoms with Crippen LogP contribution in [0.5, 0.6) is 5.75 Å². The van der Waals surface area contributed by atoms with Crippen molar-refractivity contribution in [3.63, 3.8) is 0 Å². The Labute approximate surface area is 275 Å². The largest absolute Gasteiger partial charge is 0.494 e. The molecule has 1 N–H and O–H groups in total. The van der Waals surface area contributed by atoms with Gasteiger partial charge < -0.3 is 29.3 Å². The van der Waals surface area contributed by atoms with Gasteiger partial charge in [0, 0.05) is 38.0 Å². The maximum Gasteiger partial charge on any atom is 0.248 e. The van der Waals surface area contributed by atoms with Crippen LogP contribution in [0.15, 0.2) is 49.6 Å². The van der Waals surface area contributed by atoms with E-state index in [9.17, 15) is 19.5 Å². The Morgan fingerprint density at radius 1 is 1.07 bits per heavy atom. The molecule has 0 aromatic heterocycles. The number of anilines is 1. The van der Waals surface area contributed by atoms with Crippen LogP contribution in [0.2, 0.25) is 0 Å². The van der Waals surface area contributed by atoms with Gasteiger partial charge >= 0.3 is 0 Å². The van der Waals surface area contributed by atoms with Crippen LogP contribution in [0, 0.1) is 11.8 Å². The fourth-order valence-electron chi connectivity index (χ4n) is 8.23. The predicted octanol–water partition coefficient (Wildman–Crippen LogP) is 5.52. The number of benzene rings is 1. The lowest BCUT2D eigenvalue weighted by molar-refractivity contribution is -0.154. The Bertz CT molecular complexity index is 1240. The average Bonchev–Trinajstić information content (AvgIpc) is 3.66. The van der Waals surface area contributed by atoms with Crippen molar-refractivity contribution < 1.29 is 29.0 Å². The Balaban J connectivity index is 1.76. The van der Waals surface area contributed by atoms with Crippen LogP contribution in [-0.4, -0.2) is 88.8 Å². The molecule has 46 heavy (non-hydrogen) atoms. The van der Waals surface area contributed by atoms with Gasteiger partial charge in [-0.2, -0.15) is 0 Å². The first kappa shape index (κ1) is 35.7.